The van der Waals surface area contributed by atoms with Crippen molar-refractivity contribution in [1.82, 2.24) is 30.7 Å². The van der Waals surface area contributed by atoms with Gasteiger partial charge in [-0.2, -0.15) is 15.4 Å². The van der Waals surface area contributed by atoms with Gasteiger partial charge < -0.3 is 10.3 Å². The van der Waals surface area contributed by atoms with Crippen LogP contribution in [0.25, 0.3) is 22.1 Å². The molecule has 0 radical (unpaired) electrons. The Morgan fingerprint density at radius 2 is 1.91 bits per heavy atom. The van der Waals surface area contributed by atoms with Crippen LogP contribution in [0.15, 0.2) is 42.5 Å². The molecule has 2 heterocycles. The number of nitrogens with zero attached hydrogens (tertiary/aromatic N) is 3. The van der Waals surface area contributed by atoms with Crippen LogP contribution in [-0.2, 0) is 6.42 Å². The second-order valence-electron chi connectivity index (χ2n) is 5.23. The molecule has 0 atom stereocenters. The van der Waals surface area contributed by atoms with Gasteiger partial charge >= 0.3 is 0 Å². The van der Waals surface area contributed by atoms with E-state index in [-0.39, 0.29) is 5.91 Å². The number of hydrogen-bond donors (Lipinski definition) is 3. The highest BCUT2D eigenvalue weighted by atomic mass is 16.1. The van der Waals surface area contributed by atoms with Gasteiger partial charge in [-0.05, 0) is 30.3 Å². The zero-order chi connectivity index (χ0) is 15.6. The smallest absolute Gasteiger partial charge is 0.251 e. The summed E-state index contributed by atoms with van der Waals surface area (Å²) in [7, 11) is 0. The summed E-state index contributed by atoms with van der Waals surface area (Å²) in [6.45, 7) is 0.509. The fourth-order valence-corrected chi connectivity index (χ4v) is 2.50. The first-order valence-electron chi connectivity index (χ1n) is 7.32. The Bertz CT molecular complexity index is 953. The standard InChI is InChI=1S/C16H14N6O/c23-16(10-5-6-13-14(9-10)21-22-20-13)17-8-7-15-18-11-3-1-2-4-12(11)19-15/h1-6,9H,7-8H2,(H,17,23)(H,18,19)(H,20,21,22). The highest BCUT2D eigenvalue weighted by Crippen LogP contribution is 2.11. The van der Waals surface area contributed by atoms with Gasteiger partial charge in [0.2, 0.25) is 0 Å². The average Bonchev–Trinajstić information content (AvgIpc) is 3.19. The van der Waals surface area contributed by atoms with Crippen LogP contribution in [-0.4, -0.2) is 37.8 Å². The number of fused-ring (bicyclic) bond motifs is 2. The van der Waals surface area contributed by atoms with Crippen molar-refractivity contribution in [3.8, 4) is 0 Å². The van der Waals surface area contributed by atoms with E-state index in [0.29, 0.717) is 24.0 Å². The number of nitrogens with one attached hydrogen (secondary N) is 3. The van der Waals surface area contributed by atoms with E-state index in [9.17, 15) is 4.79 Å². The van der Waals surface area contributed by atoms with E-state index in [1.54, 1.807) is 18.2 Å². The molecule has 4 rings (SSSR count). The van der Waals surface area contributed by atoms with Crippen molar-refractivity contribution in [3.63, 3.8) is 0 Å². The minimum atomic E-state index is -0.133. The molecule has 0 fully saturated rings. The highest BCUT2D eigenvalue weighted by molar-refractivity contribution is 5.97. The molecule has 0 aliphatic heterocycles. The van der Waals surface area contributed by atoms with Crippen molar-refractivity contribution in [2.45, 2.75) is 6.42 Å². The molecule has 2 aromatic carbocycles. The van der Waals surface area contributed by atoms with Crippen molar-refractivity contribution in [3.05, 3.63) is 53.9 Å². The number of H-pyrrole nitrogens is 2. The Morgan fingerprint density at radius 1 is 1.04 bits per heavy atom. The fourth-order valence-electron chi connectivity index (χ4n) is 2.50. The van der Waals surface area contributed by atoms with Crippen molar-refractivity contribution in [2.75, 3.05) is 6.54 Å². The molecule has 0 aliphatic carbocycles. The summed E-state index contributed by atoms with van der Waals surface area (Å²) in [4.78, 5) is 19.9. The van der Waals surface area contributed by atoms with E-state index >= 15 is 0 Å². The average molecular weight is 306 g/mol. The van der Waals surface area contributed by atoms with Crippen LogP contribution in [0, 0.1) is 0 Å². The second kappa shape index (κ2) is 5.53. The molecule has 1 amide bonds. The molecular weight excluding hydrogens is 292 g/mol. The highest BCUT2D eigenvalue weighted by Gasteiger charge is 2.08. The monoisotopic (exact) mass is 306 g/mol. The number of benzene rings is 2. The molecule has 0 bridgehead atoms. The summed E-state index contributed by atoms with van der Waals surface area (Å²) in [5.74, 6) is 0.726. The van der Waals surface area contributed by atoms with Gasteiger partial charge in [-0.25, -0.2) is 4.98 Å². The van der Waals surface area contributed by atoms with Crippen LogP contribution >= 0.6 is 0 Å². The molecule has 0 saturated heterocycles. The number of carbonyl (C=O) groups is 1. The van der Waals surface area contributed by atoms with Crippen molar-refractivity contribution >= 4 is 28.0 Å². The van der Waals surface area contributed by atoms with Crippen LogP contribution in [0.2, 0.25) is 0 Å². The third-order valence-electron chi connectivity index (χ3n) is 3.66. The Labute approximate surface area is 131 Å². The van der Waals surface area contributed by atoms with Gasteiger partial charge in [-0.15, -0.1) is 0 Å². The Balaban J connectivity index is 1.40. The number of rotatable bonds is 4. The molecule has 0 unspecified atom stereocenters. The molecule has 7 nitrogen and oxygen atoms in total. The SMILES string of the molecule is O=C(NCCc1nc2ccccc2[nH]1)c1ccc2n[nH]nc2c1. The van der Waals surface area contributed by atoms with Crippen molar-refractivity contribution in [1.29, 1.82) is 0 Å². The lowest BCUT2D eigenvalue weighted by atomic mass is 10.2. The second-order valence-corrected chi connectivity index (χ2v) is 5.23. The predicted octanol–water partition coefficient (Wildman–Crippen LogP) is 1.81. The van der Waals surface area contributed by atoms with E-state index in [4.69, 9.17) is 0 Å². The molecule has 114 valence electrons. The number of hydrogen-bond acceptors (Lipinski definition) is 4. The first-order valence-corrected chi connectivity index (χ1v) is 7.32. The summed E-state index contributed by atoms with van der Waals surface area (Å²) in [6, 6.07) is 13.1. The molecule has 0 saturated carbocycles. The van der Waals surface area contributed by atoms with E-state index in [1.165, 1.54) is 0 Å². The zero-order valence-corrected chi connectivity index (χ0v) is 12.2. The molecule has 2 aromatic heterocycles. The minimum absolute atomic E-state index is 0.133. The quantitative estimate of drug-likeness (QED) is 0.535. The van der Waals surface area contributed by atoms with Crippen LogP contribution in [0.4, 0.5) is 0 Å². The Kier molecular flexibility index (Phi) is 3.23. The predicted molar refractivity (Wildman–Crippen MR) is 86.0 cm³/mol. The number of aromatic nitrogens is 5. The molecule has 23 heavy (non-hydrogen) atoms. The maximum atomic E-state index is 12.2. The maximum absolute atomic E-state index is 12.2. The number of aromatic amines is 2. The lowest BCUT2D eigenvalue weighted by molar-refractivity contribution is 0.0954. The number of amides is 1. The zero-order valence-electron chi connectivity index (χ0n) is 12.2. The van der Waals surface area contributed by atoms with Gasteiger partial charge in [-0.1, -0.05) is 12.1 Å². The molecule has 3 N–H and O–H groups in total. The third-order valence-corrected chi connectivity index (χ3v) is 3.66. The lowest BCUT2D eigenvalue weighted by Gasteiger charge is -2.03. The van der Waals surface area contributed by atoms with Crippen LogP contribution in [0.3, 0.4) is 0 Å². The molecule has 4 aromatic rings. The Morgan fingerprint density at radius 3 is 2.83 bits per heavy atom. The minimum Gasteiger partial charge on any atom is -0.352 e. The van der Waals surface area contributed by atoms with Gasteiger partial charge in [-0.3, -0.25) is 4.79 Å². The molecular formula is C16H14N6O. The van der Waals surface area contributed by atoms with Crippen LogP contribution < -0.4 is 5.32 Å². The van der Waals surface area contributed by atoms with Crippen LogP contribution in [0.5, 0.6) is 0 Å². The fraction of sp³-hybridized carbons (Fsp3) is 0.125. The topological polar surface area (TPSA) is 99.4 Å². The summed E-state index contributed by atoms with van der Waals surface area (Å²) in [6.07, 6.45) is 0.645. The van der Waals surface area contributed by atoms with E-state index in [2.05, 4.69) is 30.7 Å². The van der Waals surface area contributed by atoms with Crippen molar-refractivity contribution < 1.29 is 4.79 Å². The van der Waals surface area contributed by atoms with Gasteiger partial charge in [0.1, 0.15) is 16.9 Å². The number of para-hydroxylation sites is 2. The summed E-state index contributed by atoms with van der Waals surface area (Å²) in [5, 5.41) is 13.4. The normalized spacial score (nSPS) is 11.1. The largest absolute Gasteiger partial charge is 0.352 e. The number of imidazole rings is 1. The molecule has 0 spiro atoms. The summed E-state index contributed by atoms with van der Waals surface area (Å²) in [5.41, 5.74) is 3.92. The van der Waals surface area contributed by atoms with Gasteiger partial charge in [0.25, 0.3) is 5.91 Å². The first kappa shape index (κ1) is 13.4. The molecule has 0 aliphatic rings. The first-order chi connectivity index (χ1) is 11.3. The summed E-state index contributed by atoms with van der Waals surface area (Å²) >= 11 is 0. The van der Waals surface area contributed by atoms with Gasteiger partial charge in [0.05, 0.1) is 11.0 Å². The maximum Gasteiger partial charge on any atom is 0.251 e. The van der Waals surface area contributed by atoms with Gasteiger partial charge in [0, 0.05) is 18.5 Å². The lowest BCUT2D eigenvalue weighted by Crippen LogP contribution is -2.25. The van der Waals surface area contributed by atoms with E-state index < -0.39 is 0 Å². The third kappa shape index (κ3) is 2.64. The summed E-state index contributed by atoms with van der Waals surface area (Å²) < 4.78 is 0. The Hall–Kier alpha value is -3.22. The van der Waals surface area contributed by atoms with E-state index in [0.717, 1.165) is 22.4 Å². The van der Waals surface area contributed by atoms with E-state index in [1.807, 2.05) is 24.3 Å². The van der Waals surface area contributed by atoms with Crippen LogP contribution in [0.1, 0.15) is 16.2 Å². The number of carbonyl (C=O) groups excluding carboxylic acids is 1. The molecule has 7 heteroatoms. The van der Waals surface area contributed by atoms with Crippen molar-refractivity contribution in [2.24, 2.45) is 0 Å². The van der Waals surface area contributed by atoms with Gasteiger partial charge in [0.15, 0.2) is 0 Å².